The maximum absolute atomic E-state index is 14.6. The van der Waals surface area contributed by atoms with Crippen LogP contribution in [0.1, 0.15) is 39.2 Å². The van der Waals surface area contributed by atoms with Crippen molar-refractivity contribution in [1.82, 2.24) is 4.90 Å². The zero-order valence-electron chi connectivity index (χ0n) is 21.0. The molecule has 4 atom stereocenters. The van der Waals surface area contributed by atoms with Gasteiger partial charge < -0.3 is 15.3 Å². The van der Waals surface area contributed by atoms with Crippen LogP contribution in [0.4, 0.5) is 11.4 Å². The summed E-state index contributed by atoms with van der Waals surface area (Å²) in [5.74, 6) is -4.55. The van der Waals surface area contributed by atoms with Crippen molar-refractivity contribution in [3.8, 4) is 0 Å². The number of carbonyl (C=O) groups is 3. The Labute approximate surface area is 241 Å². The molecule has 0 bridgehead atoms. The zero-order chi connectivity index (χ0) is 27.7. The van der Waals surface area contributed by atoms with Gasteiger partial charge in [0.05, 0.1) is 16.6 Å². The molecule has 202 valence electrons. The van der Waals surface area contributed by atoms with Crippen LogP contribution in [0.2, 0.25) is 20.1 Å². The van der Waals surface area contributed by atoms with Crippen molar-refractivity contribution in [3.63, 3.8) is 0 Å². The van der Waals surface area contributed by atoms with Crippen molar-refractivity contribution < 1.29 is 19.5 Å². The van der Waals surface area contributed by atoms with Gasteiger partial charge in [0.1, 0.15) is 11.5 Å². The SMILES string of the molecule is CC(C)(C)CN(C(=O)[C@H]1[C@@H](C(=O)O)[C@]2(C(=O)Nc3c(Cl)cc(Cl)cc32)N2CCC[C@@H]12)c1cc(Cl)cc(Cl)c1. The number of fused-ring (bicyclic) bond motifs is 4. The summed E-state index contributed by atoms with van der Waals surface area (Å²) in [6.07, 6.45) is 1.28. The summed E-state index contributed by atoms with van der Waals surface area (Å²) in [5, 5.41) is 14.7. The number of hydrogen-bond donors (Lipinski definition) is 2. The summed E-state index contributed by atoms with van der Waals surface area (Å²) in [5.41, 5.74) is -0.773. The molecular formula is C27H27Cl4N3O4. The number of carboxylic acid groups (broad SMARTS) is 1. The Morgan fingerprint density at radius 3 is 2.32 bits per heavy atom. The second kappa shape index (κ2) is 9.56. The minimum absolute atomic E-state index is 0.218. The lowest BCUT2D eigenvalue weighted by Gasteiger charge is -2.36. The van der Waals surface area contributed by atoms with E-state index >= 15 is 0 Å². The van der Waals surface area contributed by atoms with Crippen LogP contribution in [0.15, 0.2) is 30.3 Å². The second-order valence-electron chi connectivity index (χ2n) is 11.4. The maximum atomic E-state index is 14.6. The van der Waals surface area contributed by atoms with Gasteiger partial charge in [-0.15, -0.1) is 0 Å². The van der Waals surface area contributed by atoms with Gasteiger partial charge in [0, 0.05) is 38.9 Å². The monoisotopic (exact) mass is 597 g/mol. The average molecular weight is 599 g/mol. The number of nitrogens with one attached hydrogen (secondary N) is 1. The van der Waals surface area contributed by atoms with Crippen LogP contribution < -0.4 is 10.2 Å². The van der Waals surface area contributed by atoms with E-state index in [1.165, 1.54) is 6.07 Å². The van der Waals surface area contributed by atoms with Gasteiger partial charge in [0.15, 0.2) is 0 Å². The standard InChI is InChI=1S/C27H27Cl4N3O4/c1-26(2,3)12-33(16-8-13(28)7-14(29)9-16)23(35)20-19-5-4-6-34(19)27(21(20)24(36)37)17-10-15(30)11-18(31)22(17)32-25(27)38/h7-11,19-21H,4-6,12H2,1-3H3,(H,32,38)(H,36,37)/t19-,20+,21-,27+/m0/s1. The summed E-state index contributed by atoms with van der Waals surface area (Å²) < 4.78 is 0. The number of carbonyl (C=O) groups excluding carboxylic acids is 2. The predicted molar refractivity (Wildman–Crippen MR) is 149 cm³/mol. The minimum atomic E-state index is -1.63. The molecule has 2 aromatic rings. The first-order valence-electron chi connectivity index (χ1n) is 12.3. The van der Waals surface area contributed by atoms with E-state index in [1.54, 1.807) is 29.2 Å². The molecule has 0 aromatic heterocycles. The molecule has 2 fully saturated rings. The van der Waals surface area contributed by atoms with E-state index in [0.29, 0.717) is 46.4 Å². The van der Waals surface area contributed by atoms with Crippen LogP contribution in [0.5, 0.6) is 0 Å². The van der Waals surface area contributed by atoms with Crippen molar-refractivity contribution in [2.24, 2.45) is 17.3 Å². The van der Waals surface area contributed by atoms with Crippen LogP contribution in [0.25, 0.3) is 0 Å². The number of amides is 2. The van der Waals surface area contributed by atoms with Crippen molar-refractivity contribution in [2.75, 3.05) is 23.3 Å². The van der Waals surface area contributed by atoms with Crippen LogP contribution in [0.3, 0.4) is 0 Å². The topological polar surface area (TPSA) is 90.0 Å². The van der Waals surface area contributed by atoms with Crippen LogP contribution >= 0.6 is 46.4 Å². The zero-order valence-corrected chi connectivity index (χ0v) is 24.0. The summed E-state index contributed by atoms with van der Waals surface area (Å²) in [6.45, 7) is 6.69. The van der Waals surface area contributed by atoms with Gasteiger partial charge in [-0.2, -0.15) is 0 Å². The molecule has 2 aromatic carbocycles. The molecule has 5 rings (SSSR count). The number of benzene rings is 2. The summed E-state index contributed by atoms with van der Waals surface area (Å²) >= 11 is 25.4. The van der Waals surface area contributed by atoms with Crippen molar-refractivity contribution >= 4 is 75.6 Å². The van der Waals surface area contributed by atoms with Gasteiger partial charge in [-0.3, -0.25) is 19.3 Å². The van der Waals surface area contributed by atoms with Crippen LogP contribution in [0, 0.1) is 17.3 Å². The fraction of sp³-hybridized carbons (Fsp3) is 0.444. The molecule has 3 heterocycles. The largest absolute Gasteiger partial charge is 0.481 e. The molecular weight excluding hydrogens is 572 g/mol. The number of rotatable bonds is 4. The lowest BCUT2D eigenvalue weighted by atomic mass is 9.73. The molecule has 2 N–H and O–H groups in total. The molecule has 11 heteroatoms. The molecule has 7 nitrogen and oxygen atoms in total. The Balaban J connectivity index is 1.70. The number of aliphatic carboxylic acids is 1. The van der Waals surface area contributed by atoms with Gasteiger partial charge in [0.25, 0.3) is 5.91 Å². The highest BCUT2D eigenvalue weighted by Crippen LogP contribution is 2.59. The Hall–Kier alpha value is -2.03. The Morgan fingerprint density at radius 2 is 1.71 bits per heavy atom. The van der Waals surface area contributed by atoms with Crippen molar-refractivity contribution in [3.05, 3.63) is 56.0 Å². The van der Waals surface area contributed by atoms with E-state index < -0.39 is 41.2 Å². The fourth-order valence-electron chi connectivity index (χ4n) is 6.48. The first-order chi connectivity index (χ1) is 17.8. The van der Waals surface area contributed by atoms with Gasteiger partial charge in [0.2, 0.25) is 5.91 Å². The predicted octanol–water partition coefficient (Wildman–Crippen LogP) is 6.32. The van der Waals surface area contributed by atoms with Gasteiger partial charge in [-0.25, -0.2) is 0 Å². The Bertz CT molecular complexity index is 1340. The number of carboxylic acids is 1. The molecule has 38 heavy (non-hydrogen) atoms. The van der Waals surface area contributed by atoms with E-state index in [0.717, 1.165) is 0 Å². The number of nitrogens with zero attached hydrogens (tertiary/aromatic N) is 2. The molecule has 1 spiro atoms. The Morgan fingerprint density at radius 1 is 1.08 bits per heavy atom. The lowest BCUT2D eigenvalue weighted by Crippen LogP contribution is -2.53. The van der Waals surface area contributed by atoms with E-state index in [9.17, 15) is 19.5 Å². The first kappa shape index (κ1) is 27.5. The smallest absolute Gasteiger partial charge is 0.310 e. The summed E-state index contributed by atoms with van der Waals surface area (Å²) in [6, 6.07) is 7.47. The third-order valence-electron chi connectivity index (χ3n) is 7.64. The Kier molecular flexibility index (Phi) is 6.93. The average Bonchev–Trinajstić information content (AvgIpc) is 3.44. The maximum Gasteiger partial charge on any atom is 0.310 e. The number of hydrogen-bond acceptors (Lipinski definition) is 4. The molecule has 0 unspecified atom stereocenters. The summed E-state index contributed by atoms with van der Waals surface area (Å²) in [4.78, 5) is 44.9. The van der Waals surface area contributed by atoms with Crippen LogP contribution in [-0.2, 0) is 19.9 Å². The highest BCUT2D eigenvalue weighted by Gasteiger charge is 2.71. The normalized spacial score (nSPS) is 26.4. The van der Waals surface area contributed by atoms with E-state index in [2.05, 4.69) is 5.32 Å². The minimum Gasteiger partial charge on any atom is -0.481 e. The summed E-state index contributed by atoms with van der Waals surface area (Å²) in [7, 11) is 0. The molecule has 3 aliphatic rings. The highest BCUT2D eigenvalue weighted by molar-refractivity contribution is 6.38. The highest BCUT2D eigenvalue weighted by atomic mass is 35.5. The lowest BCUT2D eigenvalue weighted by molar-refractivity contribution is -0.152. The molecule has 0 radical (unpaired) electrons. The second-order valence-corrected chi connectivity index (χ2v) is 13.1. The first-order valence-corrected chi connectivity index (χ1v) is 13.8. The molecule has 3 aliphatic heterocycles. The van der Waals surface area contributed by atoms with Gasteiger partial charge in [-0.05, 0) is 55.1 Å². The number of anilines is 2. The third kappa shape index (κ3) is 4.27. The molecule has 0 aliphatic carbocycles. The van der Waals surface area contributed by atoms with Gasteiger partial charge in [-0.1, -0.05) is 67.2 Å². The molecule has 2 saturated heterocycles. The quantitative estimate of drug-likeness (QED) is 0.430. The van der Waals surface area contributed by atoms with Crippen molar-refractivity contribution in [2.45, 2.75) is 45.2 Å². The van der Waals surface area contributed by atoms with Gasteiger partial charge >= 0.3 is 5.97 Å². The molecule has 2 amide bonds. The number of halogens is 4. The van der Waals surface area contributed by atoms with Crippen molar-refractivity contribution in [1.29, 1.82) is 0 Å². The molecule has 0 saturated carbocycles. The van der Waals surface area contributed by atoms with E-state index in [1.807, 2.05) is 25.7 Å². The fourth-order valence-corrected chi connectivity index (χ4v) is 7.53. The van der Waals surface area contributed by atoms with Crippen LogP contribution in [-0.4, -0.2) is 46.9 Å². The third-order valence-corrected chi connectivity index (χ3v) is 8.59. The van der Waals surface area contributed by atoms with E-state index in [4.69, 9.17) is 46.4 Å². The van der Waals surface area contributed by atoms with E-state index in [-0.39, 0.29) is 22.0 Å².